The minimum absolute atomic E-state index is 0.235. The zero-order valence-electron chi connectivity index (χ0n) is 14.3. The van der Waals surface area contributed by atoms with Gasteiger partial charge in [0.05, 0.1) is 12.7 Å². The fourth-order valence-corrected chi connectivity index (χ4v) is 3.74. The van der Waals surface area contributed by atoms with Gasteiger partial charge in [0, 0.05) is 27.0 Å². The number of fused-ring (bicyclic) bond motifs is 3. The fourth-order valence-electron chi connectivity index (χ4n) is 3.17. The summed E-state index contributed by atoms with van der Waals surface area (Å²) in [5.74, 6) is 0.331. The minimum atomic E-state index is -0.235. The molecule has 4 nitrogen and oxygen atoms in total. The molecule has 0 atom stereocenters. The Labute approximate surface area is 158 Å². The normalized spacial score (nSPS) is 11.0. The van der Waals surface area contributed by atoms with Gasteiger partial charge in [-0.05, 0) is 42.8 Å². The van der Waals surface area contributed by atoms with Crippen LogP contribution in [0.5, 0.6) is 5.75 Å². The lowest BCUT2D eigenvalue weighted by atomic mass is 10.1. The van der Waals surface area contributed by atoms with Crippen molar-refractivity contribution in [2.75, 3.05) is 12.4 Å². The minimum Gasteiger partial charge on any atom is -0.496 e. The Kier molecular flexibility index (Phi) is 4.17. The van der Waals surface area contributed by atoms with Crippen molar-refractivity contribution in [3.63, 3.8) is 0 Å². The topological polar surface area (TPSA) is 51.5 Å². The second kappa shape index (κ2) is 6.50. The van der Waals surface area contributed by atoms with Gasteiger partial charge in [0.2, 0.25) is 0 Å². The van der Waals surface area contributed by atoms with Gasteiger partial charge in [-0.25, -0.2) is 0 Å². The van der Waals surface area contributed by atoms with E-state index in [1.54, 1.807) is 13.2 Å². The highest BCUT2D eigenvalue weighted by Crippen LogP contribution is 2.32. The largest absolute Gasteiger partial charge is 0.496 e. The first-order chi connectivity index (χ1) is 12.6. The summed E-state index contributed by atoms with van der Waals surface area (Å²) in [5, 5.41) is 5.01. The summed E-state index contributed by atoms with van der Waals surface area (Å²) < 4.78 is 12.1. The van der Waals surface area contributed by atoms with Crippen LogP contribution in [0, 0.1) is 6.92 Å². The summed E-state index contributed by atoms with van der Waals surface area (Å²) in [5.41, 5.74) is 3.60. The molecule has 0 saturated carbocycles. The molecule has 0 fully saturated rings. The average Bonchev–Trinajstić information content (AvgIpc) is 2.98. The molecule has 130 valence electrons. The van der Waals surface area contributed by atoms with Crippen molar-refractivity contribution in [3.8, 4) is 5.75 Å². The molecule has 0 radical (unpaired) electrons. The molecule has 4 rings (SSSR count). The van der Waals surface area contributed by atoms with Crippen LogP contribution in [-0.2, 0) is 0 Å². The third-order valence-corrected chi connectivity index (χ3v) is 4.78. The van der Waals surface area contributed by atoms with E-state index in [0.29, 0.717) is 17.0 Å². The molecular formula is C21H16BrNO3. The fraction of sp³-hybridized carbons (Fsp3) is 0.0952. The second-order valence-electron chi connectivity index (χ2n) is 6.07. The number of rotatable bonds is 3. The van der Waals surface area contributed by atoms with E-state index in [0.717, 1.165) is 32.0 Å². The number of hydrogen-bond donors (Lipinski definition) is 1. The summed E-state index contributed by atoms with van der Waals surface area (Å²) in [4.78, 5) is 12.8. The lowest BCUT2D eigenvalue weighted by molar-refractivity contribution is 0.102. The number of anilines is 1. The first kappa shape index (κ1) is 16.7. The number of methoxy groups -OCH3 is 1. The molecule has 1 N–H and O–H groups in total. The third-order valence-electron chi connectivity index (χ3n) is 4.32. The van der Waals surface area contributed by atoms with Gasteiger partial charge in [0.1, 0.15) is 16.9 Å². The number of carbonyl (C=O) groups is 1. The Morgan fingerprint density at radius 3 is 2.62 bits per heavy atom. The average molecular weight is 410 g/mol. The highest BCUT2D eigenvalue weighted by molar-refractivity contribution is 9.10. The molecule has 0 unspecified atom stereocenters. The molecule has 0 saturated heterocycles. The SMILES string of the molecule is COc1c(C)cc(Br)cc1C(=O)Nc1ccc2c(c1)oc1ccccc12. The summed E-state index contributed by atoms with van der Waals surface area (Å²) >= 11 is 3.43. The number of carbonyl (C=O) groups excluding carboxylic acids is 1. The Morgan fingerprint density at radius 2 is 1.81 bits per heavy atom. The van der Waals surface area contributed by atoms with Gasteiger partial charge >= 0.3 is 0 Å². The van der Waals surface area contributed by atoms with E-state index >= 15 is 0 Å². The maximum absolute atomic E-state index is 12.8. The predicted octanol–water partition coefficient (Wildman–Crippen LogP) is 5.92. The summed E-state index contributed by atoms with van der Waals surface area (Å²) in [6.07, 6.45) is 0. The summed E-state index contributed by atoms with van der Waals surface area (Å²) in [7, 11) is 1.56. The Bertz CT molecular complexity index is 1150. The number of benzene rings is 3. The molecule has 0 aliphatic carbocycles. The number of furan rings is 1. The molecule has 1 heterocycles. The Balaban J connectivity index is 1.71. The summed E-state index contributed by atoms with van der Waals surface area (Å²) in [6.45, 7) is 1.90. The van der Waals surface area contributed by atoms with E-state index in [2.05, 4.69) is 21.2 Å². The van der Waals surface area contributed by atoms with Crippen molar-refractivity contribution in [2.24, 2.45) is 0 Å². The van der Waals surface area contributed by atoms with E-state index in [1.165, 1.54) is 0 Å². The van der Waals surface area contributed by atoms with Crippen LogP contribution in [0.3, 0.4) is 0 Å². The van der Waals surface area contributed by atoms with Gasteiger partial charge in [-0.15, -0.1) is 0 Å². The number of aryl methyl sites for hydroxylation is 1. The van der Waals surface area contributed by atoms with Gasteiger partial charge in [-0.3, -0.25) is 4.79 Å². The number of amides is 1. The van der Waals surface area contributed by atoms with Crippen molar-refractivity contribution < 1.29 is 13.9 Å². The molecule has 0 aliphatic rings. The lowest BCUT2D eigenvalue weighted by Gasteiger charge is -2.12. The highest BCUT2D eigenvalue weighted by Gasteiger charge is 2.16. The number of nitrogens with one attached hydrogen (secondary N) is 1. The molecule has 1 aromatic heterocycles. The van der Waals surface area contributed by atoms with Gasteiger partial charge < -0.3 is 14.5 Å². The van der Waals surface area contributed by atoms with Crippen molar-refractivity contribution in [1.82, 2.24) is 0 Å². The molecule has 4 aromatic rings. The molecule has 1 amide bonds. The Morgan fingerprint density at radius 1 is 1.04 bits per heavy atom. The van der Waals surface area contributed by atoms with Gasteiger partial charge in [-0.2, -0.15) is 0 Å². The molecule has 26 heavy (non-hydrogen) atoms. The quantitative estimate of drug-likeness (QED) is 0.456. The number of para-hydroxylation sites is 1. The van der Waals surface area contributed by atoms with Gasteiger partial charge in [0.25, 0.3) is 5.91 Å². The van der Waals surface area contributed by atoms with E-state index < -0.39 is 0 Å². The van der Waals surface area contributed by atoms with Crippen molar-refractivity contribution in [2.45, 2.75) is 6.92 Å². The van der Waals surface area contributed by atoms with Crippen molar-refractivity contribution in [1.29, 1.82) is 0 Å². The first-order valence-corrected chi connectivity index (χ1v) is 8.93. The molecule has 0 spiro atoms. The molecule has 0 bridgehead atoms. The van der Waals surface area contributed by atoms with Crippen LogP contribution in [0.1, 0.15) is 15.9 Å². The van der Waals surface area contributed by atoms with Crippen LogP contribution in [0.2, 0.25) is 0 Å². The third kappa shape index (κ3) is 2.84. The van der Waals surface area contributed by atoms with E-state index in [4.69, 9.17) is 9.15 Å². The molecular weight excluding hydrogens is 394 g/mol. The van der Waals surface area contributed by atoms with Crippen LogP contribution in [0.15, 0.2) is 63.5 Å². The van der Waals surface area contributed by atoms with Crippen LogP contribution < -0.4 is 10.1 Å². The molecule has 5 heteroatoms. The smallest absolute Gasteiger partial charge is 0.259 e. The Hall–Kier alpha value is -2.79. The van der Waals surface area contributed by atoms with Crippen LogP contribution >= 0.6 is 15.9 Å². The summed E-state index contributed by atoms with van der Waals surface area (Å²) in [6, 6.07) is 17.2. The van der Waals surface area contributed by atoms with Gasteiger partial charge in [0.15, 0.2) is 0 Å². The monoisotopic (exact) mass is 409 g/mol. The number of ether oxygens (including phenoxy) is 1. The number of halogens is 1. The maximum Gasteiger partial charge on any atom is 0.259 e. The standard InChI is InChI=1S/C21H16BrNO3/c1-12-9-13(22)10-17(20(12)25-2)21(24)23-14-7-8-16-15-5-3-4-6-18(15)26-19(16)11-14/h3-11H,1-2H3,(H,23,24). The van der Waals surface area contributed by atoms with Crippen LogP contribution in [-0.4, -0.2) is 13.0 Å². The zero-order chi connectivity index (χ0) is 18.3. The highest BCUT2D eigenvalue weighted by atomic mass is 79.9. The van der Waals surface area contributed by atoms with Crippen LogP contribution in [0.4, 0.5) is 5.69 Å². The molecule has 3 aromatic carbocycles. The van der Waals surface area contributed by atoms with E-state index in [-0.39, 0.29) is 5.91 Å². The van der Waals surface area contributed by atoms with E-state index in [1.807, 2.05) is 55.5 Å². The van der Waals surface area contributed by atoms with Crippen molar-refractivity contribution >= 4 is 49.5 Å². The lowest BCUT2D eigenvalue weighted by Crippen LogP contribution is -2.13. The van der Waals surface area contributed by atoms with Crippen LogP contribution in [0.25, 0.3) is 21.9 Å². The first-order valence-electron chi connectivity index (χ1n) is 8.13. The second-order valence-corrected chi connectivity index (χ2v) is 6.98. The maximum atomic E-state index is 12.8. The van der Waals surface area contributed by atoms with Crippen molar-refractivity contribution in [3.05, 3.63) is 70.2 Å². The predicted molar refractivity (Wildman–Crippen MR) is 107 cm³/mol. The number of hydrogen-bond acceptors (Lipinski definition) is 3. The zero-order valence-corrected chi connectivity index (χ0v) is 15.9. The molecule has 0 aliphatic heterocycles. The van der Waals surface area contributed by atoms with Gasteiger partial charge in [-0.1, -0.05) is 34.1 Å². The van der Waals surface area contributed by atoms with E-state index in [9.17, 15) is 4.79 Å².